The van der Waals surface area contributed by atoms with Gasteiger partial charge in [0.1, 0.15) is 11.8 Å². The van der Waals surface area contributed by atoms with Crippen LogP contribution in [-0.4, -0.2) is 25.5 Å². The molecule has 21 heavy (non-hydrogen) atoms. The average molecular weight is 301 g/mol. The second-order valence-electron chi connectivity index (χ2n) is 3.89. The molecule has 1 rings (SSSR count). The van der Waals surface area contributed by atoms with Crippen LogP contribution in [0.3, 0.4) is 0 Å². The maximum Gasteiger partial charge on any atom is 0.573 e. The standard InChI is InChI=1S/C14H14F3NO3/c1-3-8-18-12(13(19)20-4-2)10-6-5-7-11(9-10)21-14(15,16)17/h1,5-7,9,12,18H,4,8H2,2H3. The predicted octanol–water partition coefficient (Wildman–Crippen LogP) is 2.41. The smallest absolute Gasteiger partial charge is 0.465 e. The molecule has 0 bridgehead atoms. The summed E-state index contributed by atoms with van der Waals surface area (Å²) >= 11 is 0. The zero-order valence-electron chi connectivity index (χ0n) is 11.2. The molecule has 1 unspecified atom stereocenters. The molecule has 1 atom stereocenters. The Morgan fingerprint density at radius 3 is 2.76 bits per heavy atom. The molecule has 1 aromatic carbocycles. The fourth-order valence-electron chi connectivity index (χ4n) is 1.62. The van der Waals surface area contributed by atoms with E-state index in [9.17, 15) is 18.0 Å². The molecule has 0 radical (unpaired) electrons. The van der Waals surface area contributed by atoms with Gasteiger partial charge in [-0.1, -0.05) is 18.1 Å². The molecule has 1 aromatic rings. The minimum Gasteiger partial charge on any atom is -0.465 e. The van der Waals surface area contributed by atoms with Crippen LogP contribution in [0.5, 0.6) is 5.75 Å². The Labute approximate surface area is 120 Å². The van der Waals surface area contributed by atoms with Gasteiger partial charge in [-0.3, -0.25) is 5.32 Å². The van der Waals surface area contributed by atoms with Crippen LogP contribution in [0.2, 0.25) is 0 Å². The van der Waals surface area contributed by atoms with E-state index in [0.717, 1.165) is 12.1 Å². The van der Waals surface area contributed by atoms with E-state index < -0.39 is 24.1 Å². The Kier molecular flexibility index (Phi) is 6.06. The summed E-state index contributed by atoms with van der Waals surface area (Å²) in [6, 6.07) is 4.12. The van der Waals surface area contributed by atoms with E-state index in [1.165, 1.54) is 12.1 Å². The largest absolute Gasteiger partial charge is 0.573 e. The highest BCUT2D eigenvalue weighted by molar-refractivity contribution is 5.77. The first-order valence-corrected chi connectivity index (χ1v) is 6.06. The molecule has 0 aromatic heterocycles. The van der Waals surface area contributed by atoms with Crippen molar-refractivity contribution in [3.8, 4) is 18.1 Å². The number of rotatable bonds is 6. The first-order chi connectivity index (χ1) is 9.87. The third-order valence-electron chi connectivity index (χ3n) is 2.36. The van der Waals surface area contributed by atoms with Gasteiger partial charge in [0.15, 0.2) is 0 Å². The third-order valence-corrected chi connectivity index (χ3v) is 2.36. The Balaban J connectivity index is 2.99. The highest BCUT2D eigenvalue weighted by atomic mass is 19.4. The van der Waals surface area contributed by atoms with Crippen molar-refractivity contribution in [2.45, 2.75) is 19.3 Å². The van der Waals surface area contributed by atoms with Crippen LogP contribution in [0.25, 0.3) is 0 Å². The SMILES string of the molecule is C#CCNC(C(=O)OCC)c1cccc(OC(F)(F)F)c1. The molecule has 0 saturated heterocycles. The van der Waals surface area contributed by atoms with Gasteiger partial charge in [0.05, 0.1) is 13.2 Å². The molecular weight excluding hydrogens is 287 g/mol. The van der Waals surface area contributed by atoms with Gasteiger partial charge in [-0.2, -0.15) is 0 Å². The van der Waals surface area contributed by atoms with Gasteiger partial charge < -0.3 is 9.47 Å². The van der Waals surface area contributed by atoms with Crippen LogP contribution in [0.4, 0.5) is 13.2 Å². The minimum atomic E-state index is -4.80. The number of carbonyl (C=O) groups is 1. The lowest BCUT2D eigenvalue weighted by atomic mass is 10.1. The molecule has 0 aliphatic heterocycles. The third kappa shape index (κ3) is 5.75. The second kappa shape index (κ2) is 7.55. The Hall–Kier alpha value is -2.20. The molecule has 4 nitrogen and oxygen atoms in total. The summed E-state index contributed by atoms with van der Waals surface area (Å²) in [5, 5.41) is 2.71. The normalized spacial score (nSPS) is 12.3. The maximum absolute atomic E-state index is 12.2. The van der Waals surface area contributed by atoms with Crippen molar-refractivity contribution in [3.63, 3.8) is 0 Å². The fraction of sp³-hybridized carbons (Fsp3) is 0.357. The van der Waals surface area contributed by atoms with Gasteiger partial charge in [0, 0.05) is 0 Å². The van der Waals surface area contributed by atoms with Crippen LogP contribution < -0.4 is 10.1 Å². The number of hydrogen-bond acceptors (Lipinski definition) is 4. The molecular formula is C14H14F3NO3. The van der Waals surface area contributed by atoms with Crippen LogP contribution in [0.1, 0.15) is 18.5 Å². The van der Waals surface area contributed by atoms with Crippen LogP contribution in [0.15, 0.2) is 24.3 Å². The lowest BCUT2D eigenvalue weighted by Crippen LogP contribution is -2.30. The highest BCUT2D eigenvalue weighted by Gasteiger charge is 2.31. The van der Waals surface area contributed by atoms with Gasteiger partial charge in [0.25, 0.3) is 0 Å². The van der Waals surface area contributed by atoms with E-state index in [2.05, 4.69) is 16.0 Å². The number of hydrogen-bond donors (Lipinski definition) is 1. The van der Waals surface area contributed by atoms with Gasteiger partial charge >= 0.3 is 12.3 Å². The number of esters is 1. The quantitative estimate of drug-likeness (QED) is 0.647. The van der Waals surface area contributed by atoms with Crippen molar-refractivity contribution in [1.29, 1.82) is 0 Å². The lowest BCUT2D eigenvalue weighted by Gasteiger charge is -2.17. The molecule has 0 amide bonds. The van der Waals surface area contributed by atoms with E-state index in [1.54, 1.807) is 6.92 Å². The van der Waals surface area contributed by atoms with Crippen molar-refractivity contribution in [3.05, 3.63) is 29.8 Å². The summed E-state index contributed by atoms with van der Waals surface area (Å²) in [5.41, 5.74) is 0.269. The highest BCUT2D eigenvalue weighted by Crippen LogP contribution is 2.26. The summed E-state index contributed by atoms with van der Waals surface area (Å²) in [7, 11) is 0. The maximum atomic E-state index is 12.2. The summed E-state index contributed by atoms with van der Waals surface area (Å²) in [4.78, 5) is 11.8. The van der Waals surface area contributed by atoms with Crippen molar-refractivity contribution in [1.82, 2.24) is 5.32 Å². The van der Waals surface area contributed by atoms with E-state index in [1.807, 2.05) is 0 Å². The number of benzene rings is 1. The monoisotopic (exact) mass is 301 g/mol. The number of halogens is 3. The molecule has 0 saturated carbocycles. The van der Waals surface area contributed by atoms with E-state index in [-0.39, 0.29) is 18.7 Å². The summed E-state index contributed by atoms with van der Waals surface area (Å²) in [5.74, 6) is 1.24. The molecule has 1 N–H and O–H groups in total. The molecule has 114 valence electrons. The topological polar surface area (TPSA) is 47.6 Å². The number of alkyl halides is 3. The minimum absolute atomic E-state index is 0.0633. The molecule has 0 spiro atoms. The molecule has 7 heteroatoms. The van der Waals surface area contributed by atoms with Crippen molar-refractivity contribution in [2.24, 2.45) is 0 Å². The first-order valence-electron chi connectivity index (χ1n) is 6.06. The fourth-order valence-corrected chi connectivity index (χ4v) is 1.62. The summed E-state index contributed by atoms with van der Waals surface area (Å²) in [6.45, 7) is 1.83. The van der Waals surface area contributed by atoms with E-state index in [4.69, 9.17) is 11.2 Å². The lowest BCUT2D eigenvalue weighted by molar-refractivity contribution is -0.274. The Morgan fingerprint density at radius 1 is 1.48 bits per heavy atom. The average Bonchev–Trinajstić information content (AvgIpc) is 2.38. The number of nitrogens with one attached hydrogen (secondary N) is 1. The van der Waals surface area contributed by atoms with Crippen LogP contribution >= 0.6 is 0 Å². The van der Waals surface area contributed by atoms with Crippen LogP contribution in [-0.2, 0) is 9.53 Å². The number of ether oxygens (including phenoxy) is 2. The molecule has 0 fully saturated rings. The van der Waals surface area contributed by atoms with Crippen molar-refractivity contribution < 1.29 is 27.4 Å². The van der Waals surface area contributed by atoms with E-state index in [0.29, 0.717) is 0 Å². The van der Waals surface area contributed by atoms with Crippen molar-refractivity contribution >= 4 is 5.97 Å². The zero-order chi connectivity index (χ0) is 15.9. The second-order valence-corrected chi connectivity index (χ2v) is 3.89. The molecule has 0 aliphatic rings. The number of terminal acetylenes is 1. The number of carbonyl (C=O) groups excluding carboxylic acids is 1. The van der Waals surface area contributed by atoms with Gasteiger partial charge in [-0.25, -0.2) is 4.79 Å². The van der Waals surface area contributed by atoms with Crippen molar-refractivity contribution in [2.75, 3.05) is 13.2 Å². The van der Waals surface area contributed by atoms with Gasteiger partial charge in [-0.05, 0) is 24.6 Å². The molecule has 0 aliphatic carbocycles. The zero-order valence-corrected chi connectivity index (χ0v) is 11.2. The summed E-state index contributed by atoms with van der Waals surface area (Å²) < 4.78 is 45.3. The van der Waals surface area contributed by atoms with Gasteiger partial charge in [-0.15, -0.1) is 19.6 Å². The first kappa shape index (κ1) is 16.9. The Bertz CT molecular complexity index is 523. The Morgan fingerprint density at radius 2 is 2.19 bits per heavy atom. The predicted molar refractivity (Wildman–Crippen MR) is 69.3 cm³/mol. The van der Waals surface area contributed by atoms with Crippen LogP contribution in [0, 0.1) is 12.3 Å². The summed E-state index contributed by atoms with van der Waals surface area (Å²) in [6.07, 6.45) is 0.303. The van der Waals surface area contributed by atoms with Gasteiger partial charge in [0.2, 0.25) is 0 Å². The van der Waals surface area contributed by atoms with E-state index >= 15 is 0 Å². The molecule has 0 heterocycles.